The maximum absolute atomic E-state index is 10.2. The molecule has 1 heterocycles. The highest BCUT2D eigenvalue weighted by atomic mass is 16.5. The van der Waals surface area contributed by atoms with E-state index < -0.39 is 6.10 Å². The molecule has 0 saturated carbocycles. The molecular formula is C17H23N3O2. The lowest BCUT2D eigenvalue weighted by Gasteiger charge is -2.26. The summed E-state index contributed by atoms with van der Waals surface area (Å²) >= 11 is 0. The fraction of sp³-hybridized carbons (Fsp3) is 0.529. The fourth-order valence-corrected chi connectivity index (χ4v) is 3.10. The van der Waals surface area contributed by atoms with Crippen molar-refractivity contribution in [2.75, 3.05) is 6.61 Å². The molecule has 0 aliphatic heterocycles. The van der Waals surface area contributed by atoms with Gasteiger partial charge >= 0.3 is 0 Å². The molecule has 1 aromatic carbocycles. The van der Waals surface area contributed by atoms with Crippen LogP contribution in [0.1, 0.15) is 41.7 Å². The third kappa shape index (κ3) is 3.36. The lowest BCUT2D eigenvalue weighted by atomic mass is 9.89. The van der Waals surface area contributed by atoms with Gasteiger partial charge in [0.1, 0.15) is 11.6 Å². The highest BCUT2D eigenvalue weighted by molar-refractivity contribution is 5.31. The second kappa shape index (κ2) is 6.58. The minimum atomic E-state index is -0.575. The molecule has 0 amide bonds. The molecule has 22 heavy (non-hydrogen) atoms. The van der Waals surface area contributed by atoms with Crippen molar-refractivity contribution in [3.63, 3.8) is 0 Å². The van der Waals surface area contributed by atoms with Gasteiger partial charge in [0.2, 0.25) is 0 Å². The first-order chi connectivity index (χ1) is 10.6. The van der Waals surface area contributed by atoms with Crippen LogP contribution in [-0.2, 0) is 17.7 Å². The van der Waals surface area contributed by atoms with Gasteiger partial charge in [-0.1, -0.05) is 24.3 Å². The average molecular weight is 301 g/mol. The standard InChI is InChI=1S/C17H23N3O2/c1-12-18-13(2)20(19-12)10-15(21)11-22-17-9-5-7-14-6-3-4-8-16(14)17/h3-4,6,8,15,17,21H,5,7,9-11H2,1-2H3/t15-,17+/m0/s1. The monoisotopic (exact) mass is 301 g/mol. The van der Waals surface area contributed by atoms with Gasteiger partial charge in [0.05, 0.1) is 25.4 Å². The van der Waals surface area contributed by atoms with Gasteiger partial charge in [-0.2, -0.15) is 5.10 Å². The summed E-state index contributed by atoms with van der Waals surface area (Å²) in [5.41, 5.74) is 2.64. The van der Waals surface area contributed by atoms with Gasteiger partial charge in [0.15, 0.2) is 0 Å². The van der Waals surface area contributed by atoms with Crippen molar-refractivity contribution < 1.29 is 9.84 Å². The van der Waals surface area contributed by atoms with Crippen LogP contribution in [0, 0.1) is 13.8 Å². The SMILES string of the molecule is Cc1nc(C)n(C[C@H](O)CO[C@@H]2CCCc3ccccc32)n1. The van der Waals surface area contributed by atoms with Crippen LogP contribution in [0.4, 0.5) is 0 Å². The maximum atomic E-state index is 10.2. The summed E-state index contributed by atoms with van der Waals surface area (Å²) in [4.78, 5) is 4.24. The molecule has 118 valence electrons. The van der Waals surface area contributed by atoms with Crippen LogP contribution in [0.3, 0.4) is 0 Å². The van der Waals surface area contributed by atoms with E-state index in [2.05, 4.69) is 34.3 Å². The molecule has 1 aliphatic carbocycles. The molecule has 1 aliphatic rings. The molecular weight excluding hydrogens is 278 g/mol. The Labute approximate surface area is 131 Å². The van der Waals surface area contributed by atoms with Crippen LogP contribution in [0.5, 0.6) is 0 Å². The molecule has 0 unspecified atom stereocenters. The van der Waals surface area contributed by atoms with E-state index in [-0.39, 0.29) is 6.10 Å². The Kier molecular flexibility index (Phi) is 4.55. The Bertz CT molecular complexity index is 639. The third-order valence-corrected chi connectivity index (χ3v) is 4.15. The van der Waals surface area contributed by atoms with E-state index in [1.165, 1.54) is 11.1 Å². The maximum Gasteiger partial charge on any atom is 0.147 e. The third-order valence-electron chi connectivity index (χ3n) is 4.15. The van der Waals surface area contributed by atoms with Gasteiger partial charge in [-0.15, -0.1) is 0 Å². The van der Waals surface area contributed by atoms with Crippen LogP contribution in [0.15, 0.2) is 24.3 Å². The zero-order chi connectivity index (χ0) is 15.5. The Morgan fingerprint density at radius 1 is 1.36 bits per heavy atom. The van der Waals surface area contributed by atoms with Gasteiger partial charge in [0.25, 0.3) is 0 Å². The molecule has 3 rings (SSSR count). The van der Waals surface area contributed by atoms with Gasteiger partial charge in [0, 0.05) is 0 Å². The van der Waals surface area contributed by atoms with Gasteiger partial charge in [-0.3, -0.25) is 0 Å². The molecule has 1 aromatic heterocycles. The molecule has 5 nitrogen and oxygen atoms in total. The molecule has 0 fully saturated rings. The van der Waals surface area contributed by atoms with Crippen molar-refractivity contribution in [1.82, 2.24) is 14.8 Å². The number of aliphatic hydroxyl groups excluding tert-OH is 1. The van der Waals surface area contributed by atoms with Crippen LogP contribution >= 0.6 is 0 Å². The summed E-state index contributed by atoms with van der Waals surface area (Å²) in [6, 6.07) is 8.43. The number of fused-ring (bicyclic) bond motifs is 1. The van der Waals surface area contributed by atoms with Crippen molar-refractivity contribution in [1.29, 1.82) is 0 Å². The summed E-state index contributed by atoms with van der Waals surface area (Å²) in [6.07, 6.45) is 2.80. The van der Waals surface area contributed by atoms with Crippen molar-refractivity contribution in [2.45, 2.75) is 51.9 Å². The summed E-state index contributed by atoms with van der Waals surface area (Å²) in [5, 5.41) is 14.5. The highest BCUT2D eigenvalue weighted by Crippen LogP contribution is 2.32. The normalized spacial score (nSPS) is 19.0. The minimum absolute atomic E-state index is 0.0955. The minimum Gasteiger partial charge on any atom is -0.389 e. The summed E-state index contributed by atoms with van der Waals surface area (Å²) < 4.78 is 7.71. The predicted molar refractivity (Wildman–Crippen MR) is 83.6 cm³/mol. The lowest BCUT2D eigenvalue weighted by Crippen LogP contribution is -2.25. The number of aryl methyl sites for hydroxylation is 3. The smallest absolute Gasteiger partial charge is 0.147 e. The number of hydrogen-bond acceptors (Lipinski definition) is 4. The average Bonchev–Trinajstić information content (AvgIpc) is 2.82. The molecule has 2 aromatic rings. The number of aliphatic hydroxyl groups is 1. The molecule has 1 N–H and O–H groups in total. The topological polar surface area (TPSA) is 60.2 Å². The Morgan fingerprint density at radius 3 is 2.95 bits per heavy atom. The lowest BCUT2D eigenvalue weighted by molar-refractivity contribution is -0.0238. The van der Waals surface area contributed by atoms with E-state index in [9.17, 15) is 5.11 Å². The summed E-state index contributed by atoms with van der Waals surface area (Å²) in [7, 11) is 0. The van der Waals surface area contributed by atoms with Crippen molar-refractivity contribution in [2.24, 2.45) is 0 Å². The van der Waals surface area contributed by atoms with Crippen molar-refractivity contribution in [3.8, 4) is 0 Å². The molecule has 0 saturated heterocycles. The number of rotatable bonds is 5. The van der Waals surface area contributed by atoms with Gasteiger partial charge in [-0.05, 0) is 44.2 Å². The number of benzene rings is 1. The van der Waals surface area contributed by atoms with E-state index in [4.69, 9.17) is 4.74 Å². The Balaban J connectivity index is 1.58. The Morgan fingerprint density at radius 2 is 2.18 bits per heavy atom. The van der Waals surface area contributed by atoms with Crippen LogP contribution in [0.25, 0.3) is 0 Å². The summed E-state index contributed by atoms with van der Waals surface area (Å²) in [6.45, 7) is 4.48. The zero-order valence-corrected chi connectivity index (χ0v) is 13.2. The highest BCUT2D eigenvalue weighted by Gasteiger charge is 2.21. The first-order valence-electron chi connectivity index (χ1n) is 7.89. The van der Waals surface area contributed by atoms with E-state index >= 15 is 0 Å². The molecule has 2 atom stereocenters. The van der Waals surface area contributed by atoms with E-state index in [1.807, 2.05) is 13.8 Å². The van der Waals surface area contributed by atoms with Gasteiger partial charge in [-0.25, -0.2) is 9.67 Å². The van der Waals surface area contributed by atoms with Crippen molar-refractivity contribution in [3.05, 3.63) is 47.0 Å². The van der Waals surface area contributed by atoms with E-state index in [0.717, 1.165) is 30.9 Å². The van der Waals surface area contributed by atoms with Crippen LogP contribution < -0.4 is 0 Å². The van der Waals surface area contributed by atoms with Crippen LogP contribution in [-0.4, -0.2) is 32.6 Å². The van der Waals surface area contributed by atoms with Gasteiger partial charge < -0.3 is 9.84 Å². The molecule has 0 radical (unpaired) electrons. The number of aromatic nitrogens is 3. The quantitative estimate of drug-likeness (QED) is 0.921. The predicted octanol–water partition coefficient (Wildman–Crippen LogP) is 2.35. The molecule has 0 bridgehead atoms. The zero-order valence-electron chi connectivity index (χ0n) is 13.2. The van der Waals surface area contributed by atoms with Crippen molar-refractivity contribution >= 4 is 0 Å². The first kappa shape index (κ1) is 15.2. The second-order valence-electron chi connectivity index (χ2n) is 5.96. The number of nitrogens with zero attached hydrogens (tertiary/aromatic N) is 3. The Hall–Kier alpha value is -1.72. The largest absolute Gasteiger partial charge is 0.389 e. The fourth-order valence-electron chi connectivity index (χ4n) is 3.10. The molecule has 5 heteroatoms. The first-order valence-corrected chi connectivity index (χ1v) is 7.89. The van der Waals surface area contributed by atoms with E-state index in [1.54, 1.807) is 4.68 Å². The summed E-state index contributed by atoms with van der Waals surface area (Å²) in [5.74, 6) is 1.55. The number of ether oxygens (including phenoxy) is 1. The second-order valence-corrected chi connectivity index (χ2v) is 5.96. The van der Waals surface area contributed by atoms with E-state index in [0.29, 0.717) is 13.2 Å². The number of hydrogen-bond donors (Lipinski definition) is 1. The van der Waals surface area contributed by atoms with Crippen LogP contribution in [0.2, 0.25) is 0 Å². The molecule has 0 spiro atoms.